The van der Waals surface area contributed by atoms with Crippen molar-refractivity contribution in [2.75, 3.05) is 0 Å². The van der Waals surface area contributed by atoms with E-state index in [1.807, 2.05) is 6.07 Å². The maximum Gasteiger partial charge on any atom is 0.128 e. The Balaban J connectivity index is 4.04. The summed E-state index contributed by atoms with van der Waals surface area (Å²) in [6.45, 7) is 25.8. The minimum atomic E-state index is -0.299. The van der Waals surface area contributed by atoms with Crippen LogP contribution in [0.5, 0.6) is 11.5 Å². The smallest absolute Gasteiger partial charge is 0.128 e. The molecule has 0 fully saturated rings. The molecule has 0 atom stereocenters. The maximum absolute atomic E-state index is 10.9. The summed E-state index contributed by atoms with van der Waals surface area (Å²) < 4.78 is 6.50. The van der Waals surface area contributed by atoms with Crippen LogP contribution in [0.15, 0.2) is 6.07 Å². The fraction of sp³-hybridized carbons (Fsp3) is 0.727. The molecular formula is C22H38O2. The van der Waals surface area contributed by atoms with Crippen molar-refractivity contribution in [2.24, 2.45) is 0 Å². The molecule has 1 aromatic rings. The number of ether oxygens (including phenoxy) is 1. The average Bonchev–Trinajstić information content (AvgIpc) is 2.23. The standard InChI is InChI=1S/C22H38O2/c1-19(2,3)14-13-15(23)16(20(4,5)6)17(21(7,8)9)18(14)24-22(10,11)12/h13,23H,1-12H3. The van der Waals surface area contributed by atoms with Gasteiger partial charge in [-0.1, -0.05) is 62.3 Å². The molecule has 0 amide bonds. The van der Waals surface area contributed by atoms with Crippen LogP contribution in [0.4, 0.5) is 0 Å². The Morgan fingerprint density at radius 3 is 1.38 bits per heavy atom. The van der Waals surface area contributed by atoms with Gasteiger partial charge in [0, 0.05) is 16.7 Å². The van der Waals surface area contributed by atoms with Crippen molar-refractivity contribution in [1.82, 2.24) is 0 Å². The van der Waals surface area contributed by atoms with Gasteiger partial charge in [-0.25, -0.2) is 0 Å². The predicted octanol–water partition coefficient (Wildman–Crippen LogP) is 6.46. The number of hydrogen-bond acceptors (Lipinski definition) is 2. The zero-order valence-corrected chi connectivity index (χ0v) is 17.9. The molecule has 1 rings (SSSR count). The largest absolute Gasteiger partial charge is 0.508 e. The normalized spacial score (nSPS) is 14.0. The summed E-state index contributed by atoms with van der Waals surface area (Å²) in [5, 5.41) is 10.9. The van der Waals surface area contributed by atoms with Crippen LogP contribution >= 0.6 is 0 Å². The molecule has 24 heavy (non-hydrogen) atoms. The minimum absolute atomic E-state index is 0.117. The van der Waals surface area contributed by atoms with Gasteiger partial charge in [0.05, 0.1) is 0 Å². The van der Waals surface area contributed by atoms with Crippen molar-refractivity contribution in [1.29, 1.82) is 0 Å². The Morgan fingerprint density at radius 2 is 1.08 bits per heavy atom. The average molecular weight is 335 g/mol. The fourth-order valence-electron chi connectivity index (χ4n) is 3.09. The second-order valence-corrected chi connectivity index (χ2v) is 11.0. The van der Waals surface area contributed by atoms with Crippen molar-refractivity contribution < 1.29 is 9.84 Å². The van der Waals surface area contributed by atoms with Crippen LogP contribution in [0.1, 0.15) is 99.8 Å². The number of phenolic OH excluding ortho intramolecular Hbond substituents is 1. The lowest BCUT2D eigenvalue weighted by atomic mass is 9.71. The van der Waals surface area contributed by atoms with Crippen LogP contribution in [0, 0.1) is 0 Å². The summed E-state index contributed by atoms with van der Waals surface area (Å²) in [7, 11) is 0. The second-order valence-electron chi connectivity index (χ2n) is 11.0. The fourth-order valence-corrected chi connectivity index (χ4v) is 3.09. The van der Waals surface area contributed by atoms with Gasteiger partial charge in [-0.15, -0.1) is 0 Å². The van der Waals surface area contributed by atoms with Crippen LogP contribution in [-0.2, 0) is 16.2 Å². The van der Waals surface area contributed by atoms with Crippen molar-refractivity contribution in [3.05, 3.63) is 22.8 Å². The molecule has 0 saturated heterocycles. The van der Waals surface area contributed by atoms with E-state index in [0.717, 1.165) is 22.4 Å². The zero-order chi connectivity index (χ0) is 19.3. The van der Waals surface area contributed by atoms with Crippen LogP contribution in [0.3, 0.4) is 0 Å². The van der Waals surface area contributed by atoms with E-state index >= 15 is 0 Å². The lowest BCUT2D eigenvalue weighted by Crippen LogP contribution is -2.31. The van der Waals surface area contributed by atoms with Gasteiger partial charge < -0.3 is 9.84 Å². The molecule has 2 heteroatoms. The molecule has 1 N–H and O–H groups in total. The molecular weight excluding hydrogens is 296 g/mol. The Morgan fingerprint density at radius 1 is 0.667 bits per heavy atom. The Hall–Kier alpha value is -1.18. The molecule has 2 nitrogen and oxygen atoms in total. The number of rotatable bonds is 1. The first-order valence-electron chi connectivity index (χ1n) is 8.96. The minimum Gasteiger partial charge on any atom is -0.508 e. The van der Waals surface area contributed by atoms with Crippen molar-refractivity contribution in [2.45, 2.75) is 105 Å². The zero-order valence-electron chi connectivity index (χ0n) is 17.9. The van der Waals surface area contributed by atoms with Crippen LogP contribution in [0.25, 0.3) is 0 Å². The first kappa shape index (κ1) is 20.9. The van der Waals surface area contributed by atoms with Gasteiger partial charge >= 0.3 is 0 Å². The molecule has 0 aliphatic heterocycles. The van der Waals surface area contributed by atoms with Crippen molar-refractivity contribution in [3.63, 3.8) is 0 Å². The number of hydrogen-bond donors (Lipinski definition) is 1. The highest BCUT2D eigenvalue weighted by Crippen LogP contribution is 2.49. The first-order valence-corrected chi connectivity index (χ1v) is 8.96. The lowest BCUT2D eigenvalue weighted by Gasteiger charge is -2.38. The van der Waals surface area contributed by atoms with E-state index in [4.69, 9.17) is 4.74 Å². The van der Waals surface area contributed by atoms with Gasteiger partial charge in [-0.05, 0) is 43.1 Å². The SMILES string of the molecule is CC(C)(C)Oc1c(C(C)(C)C)cc(O)c(C(C)(C)C)c1C(C)(C)C. The summed E-state index contributed by atoms with van der Waals surface area (Å²) in [5.41, 5.74) is 2.45. The molecule has 0 saturated carbocycles. The summed E-state index contributed by atoms with van der Waals surface area (Å²) >= 11 is 0. The number of aromatic hydroxyl groups is 1. The molecule has 0 heterocycles. The van der Waals surface area contributed by atoms with Gasteiger partial charge in [0.25, 0.3) is 0 Å². The number of phenols is 1. The Kier molecular flexibility index (Phi) is 5.19. The molecule has 0 unspecified atom stereocenters. The Labute approximate surface area is 149 Å². The quantitative estimate of drug-likeness (QED) is 0.638. The van der Waals surface area contributed by atoms with Crippen LogP contribution < -0.4 is 4.74 Å². The lowest BCUT2D eigenvalue weighted by molar-refractivity contribution is 0.124. The number of benzene rings is 1. The molecule has 0 bridgehead atoms. The summed E-state index contributed by atoms with van der Waals surface area (Å²) in [6, 6.07) is 1.91. The van der Waals surface area contributed by atoms with Crippen molar-refractivity contribution >= 4 is 0 Å². The highest BCUT2D eigenvalue weighted by molar-refractivity contribution is 5.60. The van der Waals surface area contributed by atoms with Gasteiger partial charge in [-0.3, -0.25) is 0 Å². The van der Waals surface area contributed by atoms with E-state index in [1.165, 1.54) is 0 Å². The molecule has 0 aliphatic rings. The van der Waals surface area contributed by atoms with Crippen LogP contribution in [-0.4, -0.2) is 10.7 Å². The molecule has 0 radical (unpaired) electrons. The topological polar surface area (TPSA) is 29.5 Å². The molecule has 0 spiro atoms. The summed E-state index contributed by atoms with van der Waals surface area (Å²) in [6.07, 6.45) is 0. The highest BCUT2D eigenvalue weighted by Gasteiger charge is 2.36. The highest BCUT2D eigenvalue weighted by atomic mass is 16.5. The summed E-state index contributed by atoms with van der Waals surface area (Å²) in [5.74, 6) is 1.31. The van der Waals surface area contributed by atoms with E-state index < -0.39 is 0 Å². The third-order valence-electron chi connectivity index (χ3n) is 3.98. The molecule has 138 valence electrons. The summed E-state index contributed by atoms with van der Waals surface area (Å²) in [4.78, 5) is 0. The monoisotopic (exact) mass is 334 g/mol. The van der Waals surface area contributed by atoms with Crippen molar-refractivity contribution in [3.8, 4) is 11.5 Å². The third-order valence-corrected chi connectivity index (χ3v) is 3.98. The Bertz CT molecular complexity index is 597. The van der Waals surface area contributed by atoms with E-state index in [2.05, 4.69) is 83.1 Å². The van der Waals surface area contributed by atoms with Gasteiger partial charge in [0.2, 0.25) is 0 Å². The first-order chi connectivity index (χ1) is 10.4. The predicted molar refractivity (Wildman–Crippen MR) is 105 cm³/mol. The molecule has 0 aliphatic carbocycles. The third kappa shape index (κ3) is 4.68. The van der Waals surface area contributed by atoms with Gasteiger partial charge in [0.15, 0.2) is 0 Å². The van der Waals surface area contributed by atoms with E-state index in [-0.39, 0.29) is 21.8 Å². The van der Waals surface area contributed by atoms with Gasteiger partial charge in [-0.2, -0.15) is 0 Å². The van der Waals surface area contributed by atoms with E-state index in [0.29, 0.717) is 5.75 Å². The molecule has 0 aromatic heterocycles. The van der Waals surface area contributed by atoms with Gasteiger partial charge in [0.1, 0.15) is 17.1 Å². The second kappa shape index (κ2) is 5.97. The van der Waals surface area contributed by atoms with E-state index in [9.17, 15) is 5.11 Å². The van der Waals surface area contributed by atoms with Crippen LogP contribution in [0.2, 0.25) is 0 Å². The van der Waals surface area contributed by atoms with E-state index in [1.54, 1.807) is 0 Å². The maximum atomic E-state index is 10.9. The molecule has 1 aromatic carbocycles.